The number of hydrogen-bond donors (Lipinski definition) is 2. The molecule has 1 aromatic rings. The number of aryl methyl sites for hydroxylation is 1. The van der Waals surface area contributed by atoms with Crippen LogP contribution in [0.4, 0.5) is 11.6 Å². The summed E-state index contributed by atoms with van der Waals surface area (Å²) in [7, 11) is -3.09. The lowest BCUT2D eigenvalue weighted by atomic mass is 10.2. The summed E-state index contributed by atoms with van der Waals surface area (Å²) in [5.41, 5.74) is 6.26. The third-order valence-corrected chi connectivity index (χ3v) is 5.24. The van der Waals surface area contributed by atoms with E-state index in [1.807, 2.05) is 4.90 Å². The van der Waals surface area contributed by atoms with E-state index in [1.54, 1.807) is 6.92 Å². The van der Waals surface area contributed by atoms with E-state index in [0.717, 1.165) is 26.2 Å². The van der Waals surface area contributed by atoms with Crippen LogP contribution in [0.5, 0.6) is 0 Å². The first-order valence-electron chi connectivity index (χ1n) is 6.91. The summed E-state index contributed by atoms with van der Waals surface area (Å²) < 4.78 is 24.6. The van der Waals surface area contributed by atoms with E-state index in [0.29, 0.717) is 11.4 Å². The molecule has 0 atom stereocenters. The van der Waals surface area contributed by atoms with E-state index >= 15 is 0 Å². The number of anilines is 2. The molecule has 0 aliphatic carbocycles. The molecule has 0 unspecified atom stereocenters. The van der Waals surface area contributed by atoms with Crippen LogP contribution in [0.1, 0.15) is 12.5 Å². The molecule has 0 bridgehead atoms. The maximum absolute atomic E-state index is 11.6. The number of nitrogens with zero attached hydrogens (tertiary/aromatic N) is 4. The first-order chi connectivity index (χ1) is 9.98. The minimum absolute atomic E-state index is 0.0265. The highest BCUT2D eigenvalue weighted by Gasteiger charge is 2.22. The van der Waals surface area contributed by atoms with Gasteiger partial charge in [0.25, 0.3) is 0 Å². The van der Waals surface area contributed by atoms with Crippen molar-refractivity contribution in [2.75, 3.05) is 48.3 Å². The van der Waals surface area contributed by atoms with Crippen molar-refractivity contribution in [3.8, 4) is 6.07 Å². The van der Waals surface area contributed by atoms with E-state index in [9.17, 15) is 13.7 Å². The van der Waals surface area contributed by atoms with Crippen molar-refractivity contribution in [3.63, 3.8) is 0 Å². The highest BCUT2D eigenvalue weighted by atomic mass is 32.2. The minimum Gasteiger partial charge on any atom is -0.383 e. The van der Waals surface area contributed by atoms with Gasteiger partial charge >= 0.3 is 0 Å². The molecular weight excluding hydrogens is 292 g/mol. The topological polar surface area (TPSA) is 117 Å². The lowest BCUT2D eigenvalue weighted by Gasteiger charge is -2.27. The number of rotatable bonds is 5. The quantitative estimate of drug-likeness (QED) is 0.729. The van der Waals surface area contributed by atoms with E-state index in [4.69, 9.17) is 5.73 Å². The molecule has 3 N–H and O–H groups in total. The third kappa shape index (κ3) is 3.46. The molecule has 9 heteroatoms. The average Bonchev–Trinajstić information content (AvgIpc) is 2.82. The molecule has 1 aromatic heterocycles. The van der Waals surface area contributed by atoms with Crippen molar-refractivity contribution in [1.82, 2.24) is 15.1 Å². The Balaban J connectivity index is 2.23. The number of piperazine rings is 1. The minimum atomic E-state index is -3.09. The fourth-order valence-electron chi connectivity index (χ4n) is 2.21. The monoisotopic (exact) mass is 312 g/mol. The largest absolute Gasteiger partial charge is 0.383 e. The van der Waals surface area contributed by atoms with E-state index in [-0.39, 0.29) is 23.9 Å². The standard InChI is InChI=1S/C12H20N6O2S/c1-2-21(19,20)8-7-18-11(14)10(9-13)12(16-18)17-5-3-15-4-6-17/h15H,2-8,14H2,1H3. The van der Waals surface area contributed by atoms with Crippen LogP contribution in [0, 0.1) is 11.3 Å². The summed E-state index contributed by atoms with van der Waals surface area (Å²) in [6.07, 6.45) is 0. The summed E-state index contributed by atoms with van der Waals surface area (Å²) >= 11 is 0. The van der Waals surface area contributed by atoms with Gasteiger partial charge in [0.2, 0.25) is 0 Å². The van der Waals surface area contributed by atoms with Crippen molar-refractivity contribution in [3.05, 3.63) is 5.56 Å². The molecule has 2 heterocycles. The second-order valence-electron chi connectivity index (χ2n) is 4.89. The highest BCUT2D eigenvalue weighted by molar-refractivity contribution is 7.91. The molecule has 0 radical (unpaired) electrons. The van der Waals surface area contributed by atoms with Gasteiger partial charge in [-0.25, -0.2) is 13.1 Å². The van der Waals surface area contributed by atoms with Crippen molar-refractivity contribution in [2.24, 2.45) is 0 Å². The van der Waals surface area contributed by atoms with Crippen LogP contribution in [-0.4, -0.2) is 55.9 Å². The SMILES string of the molecule is CCS(=O)(=O)CCn1nc(N2CCNCC2)c(C#N)c1N. The van der Waals surface area contributed by atoms with Gasteiger partial charge in [-0.2, -0.15) is 10.4 Å². The molecule has 0 amide bonds. The number of hydrogen-bond acceptors (Lipinski definition) is 7. The van der Waals surface area contributed by atoms with E-state index in [2.05, 4.69) is 16.5 Å². The second kappa shape index (κ2) is 6.32. The Kier molecular flexibility index (Phi) is 4.69. The van der Waals surface area contributed by atoms with Crippen LogP contribution < -0.4 is 16.0 Å². The molecule has 8 nitrogen and oxygen atoms in total. The molecule has 21 heavy (non-hydrogen) atoms. The van der Waals surface area contributed by atoms with Crippen molar-refractivity contribution >= 4 is 21.5 Å². The van der Waals surface area contributed by atoms with Crippen LogP contribution in [0.15, 0.2) is 0 Å². The first kappa shape index (κ1) is 15.6. The van der Waals surface area contributed by atoms with Gasteiger partial charge in [0.15, 0.2) is 15.7 Å². The molecule has 1 fully saturated rings. The predicted molar refractivity (Wildman–Crippen MR) is 80.8 cm³/mol. The van der Waals surface area contributed by atoms with Crippen LogP contribution in [0.2, 0.25) is 0 Å². The molecule has 0 aromatic carbocycles. The molecular formula is C12H20N6O2S. The molecule has 0 saturated carbocycles. The Morgan fingerprint density at radius 3 is 2.67 bits per heavy atom. The fourth-order valence-corrected chi connectivity index (χ4v) is 2.95. The predicted octanol–water partition coefficient (Wildman–Crippen LogP) is -0.819. The lowest BCUT2D eigenvalue weighted by Crippen LogP contribution is -2.44. The second-order valence-corrected chi connectivity index (χ2v) is 7.36. The average molecular weight is 312 g/mol. The van der Waals surface area contributed by atoms with Gasteiger partial charge in [-0.3, -0.25) is 0 Å². The molecule has 116 valence electrons. The Hall–Kier alpha value is -1.79. The van der Waals surface area contributed by atoms with Crippen molar-refractivity contribution in [1.29, 1.82) is 5.26 Å². The number of nitrogens with two attached hydrogens (primary N) is 1. The number of nitriles is 1. The fraction of sp³-hybridized carbons (Fsp3) is 0.667. The van der Waals surface area contributed by atoms with E-state index in [1.165, 1.54) is 4.68 Å². The Bertz CT molecular complexity index is 639. The Morgan fingerprint density at radius 2 is 2.10 bits per heavy atom. The lowest BCUT2D eigenvalue weighted by molar-refractivity contribution is 0.570. The first-order valence-corrected chi connectivity index (χ1v) is 8.73. The van der Waals surface area contributed by atoms with Crippen LogP contribution in [-0.2, 0) is 16.4 Å². The van der Waals surface area contributed by atoms with Crippen molar-refractivity contribution in [2.45, 2.75) is 13.5 Å². The Morgan fingerprint density at radius 1 is 1.43 bits per heavy atom. The summed E-state index contributed by atoms with van der Waals surface area (Å²) in [5.74, 6) is 0.841. The summed E-state index contributed by atoms with van der Waals surface area (Å²) in [6.45, 7) is 4.91. The Labute approximate surface area is 124 Å². The maximum atomic E-state index is 11.6. The van der Waals surface area contributed by atoms with Gasteiger partial charge in [-0.15, -0.1) is 0 Å². The molecule has 1 aliphatic rings. The van der Waals surface area contributed by atoms with Gasteiger partial charge in [0.05, 0.1) is 12.3 Å². The molecule has 0 spiro atoms. The van der Waals surface area contributed by atoms with Gasteiger partial charge in [0.1, 0.15) is 17.5 Å². The zero-order chi connectivity index (χ0) is 15.5. The number of aromatic nitrogens is 2. The zero-order valence-corrected chi connectivity index (χ0v) is 12.9. The van der Waals surface area contributed by atoms with Gasteiger partial charge in [0, 0.05) is 31.9 Å². The van der Waals surface area contributed by atoms with Gasteiger partial charge < -0.3 is 16.0 Å². The zero-order valence-electron chi connectivity index (χ0n) is 12.0. The van der Waals surface area contributed by atoms with E-state index < -0.39 is 9.84 Å². The number of nitrogens with one attached hydrogen (secondary N) is 1. The summed E-state index contributed by atoms with van der Waals surface area (Å²) in [6, 6.07) is 2.07. The smallest absolute Gasteiger partial charge is 0.171 e. The van der Waals surface area contributed by atoms with Crippen LogP contribution >= 0.6 is 0 Å². The van der Waals surface area contributed by atoms with Crippen LogP contribution in [0.25, 0.3) is 0 Å². The molecule has 1 saturated heterocycles. The van der Waals surface area contributed by atoms with Crippen LogP contribution in [0.3, 0.4) is 0 Å². The summed E-state index contributed by atoms with van der Waals surface area (Å²) in [5, 5.41) is 16.8. The third-order valence-electron chi connectivity index (χ3n) is 3.56. The molecule has 2 rings (SSSR count). The maximum Gasteiger partial charge on any atom is 0.171 e. The van der Waals surface area contributed by atoms with Gasteiger partial charge in [-0.1, -0.05) is 6.92 Å². The normalized spacial score (nSPS) is 15.9. The van der Waals surface area contributed by atoms with Crippen molar-refractivity contribution < 1.29 is 8.42 Å². The molecule has 1 aliphatic heterocycles. The number of sulfone groups is 1. The summed E-state index contributed by atoms with van der Waals surface area (Å²) in [4.78, 5) is 2.00. The van der Waals surface area contributed by atoms with Gasteiger partial charge in [-0.05, 0) is 0 Å². The number of nitrogen functional groups attached to an aromatic ring is 1. The highest BCUT2D eigenvalue weighted by Crippen LogP contribution is 2.24.